The third kappa shape index (κ3) is 3.85. The molecule has 0 saturated heterocycles. The number of carbonyl (C=O) groups excluding carboxylic acids is 2. The zero-order chi connectivity index (χ0) is 20.4. The lowest BCUT2D eigenvalue weighted by atomic mass is 10.1. The third-order valence-electron chi connectivity index (χ3n) is 4.41. The highest BCUT2D eigenvalue weighted by Gasteiger charge is 2.31. The van der Waals surface area contributed by atoms with E-state index in [1.165, 1.54) is 32.2 Å². The molecule has 0 atom stereocenters. The molecule has 0 saturated carbocycles. The fourth-order valence-corrected chi connectivity index (χ4v) is 2.78. The Morgan fingerprint density at radius 2 is 1.71 bits per heavy atom. The number of halogens is 3. The zero-order valence-electron chi connectivity index (χ0n) is 15.2. The molecule has 2 aromatic carbocycles. The van der Waals surface area contributed by atoms with Crippen LogP contribution < -0.4 is 10.1 Å². The lowest BCUT2D eigenvalue weighted by molar-refractivity contribution is -0.137. The van der Waals surface area contributed by atoms with Crippen molar-refractivity contribution < 1.29 is 27.5 Å². The van der Waals surface area contributed by atoms with Gasteiger partial charge >= 0.3 is 0 Å². The quantitative estimate of drug-likeness (QED) is 0.769. The maximum absolute atomic E-state index is 13.7. The van der Waals surface area contributed by atoms with E-state index in [9.17, 15) is 22.8 Å². The highest BCUT2D eigenvalue weighted by Crippen LogP contribution is 2.23. The van der Waals surface area contributed by atoms with E-state index in [0.29, 0.717) is 12.0 Å². The molecule has 146 valence electrons. The second kappa shape index (κ2) is 7.75. The van der Waals surface area contributed by atoms with Crippen LogP contribution in [0, 0.1) is 24.4 Å². The van der Waals surface area contributed by atoms with Crippen molar-refractivity contribution >= 4 is 17.5 Å². The van der Waals surface area contributed by atoms with E-state index in [1.807, 2.05) is 0 Å². The highest BCUT2D eigenvalue weighted by molar-refractivity contribution is 6.17. The first kappa shape index (κ1) is 19.5. The summed E-state index contributed by atoms with van der Waals surface area (Å²) in [6, 6.07) is 6.36. The fraction of sp³-hybridized carbons (Fsp3) is 0.200. The number of nitrogens with zero attached hydrogens (tertiary/aromatic N) is 1. The Morgan fingerprint density at radius 1 is 1.04 bits per heavy atom. The summed E-state index contributed by atoms with van der Waals surface area (Å²) in [6.45, 7) is 1.36. The van der Waals surface area contributed by atoms with Gasteiger partial charge < -0.3 is 10.1 Å². The third-order valence-corrected chi connectivity index (χ3v) is 4.41. The number of hydrogen-bond acceptors (Lipinski definition) is 4. The van der Waals surface area contributed by atoms with Crippen LogP contribution in [0.1, 0.15) is 11.1 Å². The van der Waals surface area contributed by atoms with Crippen molar-refractivity contribution in [1.29, 1.82) is 0 Å². The van der Waals surface area contributed by atoms with Crippen LogP contribution in [0.15, 0.2) is 42.1 Å². The zero-order valence-corrected chi connectivity index (χ0v) is 15.2. The monoisotopic (exact) mass is 390 g/mol. The largest absolute Gasteiger partial charge is 0.494 e. The van der Waals surface area contributed by atoms with Gasteiger partial charge in [0.2, 0.25) is 0 Å². The van der Waals surface area contributed by atoms with Crippen LogP contribution in [0.5, 0.6) is 5.75 Å². The topological polar surface area (TPSA) is 58.6 Å². The Balaban J connectivity index is 1.68. The summed E-state index contributed by atoms with van der Waals surface area (Å²) in [6.07, 6.45) is 1.37. The molecule has 2 aromatic rings. The highest BCUT2D eigenvalue weighted by atomic mass is 19.1. The van der Waals surface area contributed by atoms with Gasteiger partial charge in [-0.1, -0.05) is 6.07 Å². The van der Waals surface area contributed by atoms with Gasteiger partial charge in [0.15, 0.2) is 11.6 Å². The molecule has 3 rings (SSSR count). The number of benzene rings is 2. The van der Waals surface area contributed by atoms with E-state index in [-0.39, 0.29) is 29.2 Å². The minimum atomic E-state index is -0.762. The fourth-order valence-electron chi connectivity index (χ4n) is 2.78. The van der Waals surface area contributed by atoms with Gasteiger partial charge in [-0.15, -0.1) is 0 Å². The molecule has 8 heteroatoms. The SMILES string of the molecule is COc1cc(CCN2C(=O)C=C(Nc3cc(F)c(C)c(F)c3)C2=O)ccc1F. The molecule has 2 amide bonds. The predicted octanol–water partition coefficient (Wildman–Crippen LogP) is 3.33. The van der Waals surface area contributed by atoms with Crippen molar-refractivity contribution in [3.05, 3.63) is 70.7 Å². The standard InChI is InChI=1S/C20H17F3N2O3/c1-11-15(22)8-13(9-16(11)23)24-17-10-19(26)25(20(17)27)6-5-12-3-4-14(21)18(7-12)28-2/h3-4,7-10,24H,5-6H2,1-2H3. The average molecular weight is 390 g/mol. The maximum atomic E-state index is 13.7. The van der Waals surface area contributed by atoms with Gasteiger partial charge in [-0.3, -0.25) is 14.5 Å². The van der Waals surface area contributed by atoms with Crippen molar-refractivity contribution in [3.8, 4) is 5.75 Å². The molecule has 28 heavy (non-hydrogen) atoms. The first-order valence-corrected chi connectivity index (χ1v) is 8.42. The van der Waals surface area contributed by atoms with Crippen molar-refractivity contribution in [2.45, 2.75) is 13.3 Å². The van der Waals surface area contributed by atoms with E-state index >= 15 is 0 Å². The lowest BCUT2D eigenvalue weighted by Crippen LogP contribution is -2.33. The molecule has 5 nitrogen and oxygen atoms in total. The Kier molecular flexibility index (Phi) is 5.39. The van der Waals surface area contributed by atoms with Gasteiger partial charge in [0.1, 0.15) is 17.3 Å². The number of nitrogens with one attached hydrogen (secondary N) is 1. The molecule has 1 aliphatic heterocycles. The summed E-state index contributed by atoms with van der Waals surface area (Å²) in [5, 5.41) is 2.58. The molecule has 0 unspecified atom stereocenters. The molecule has 0 radical (unpaired) electrons. The van der Waals surface area contributed by atoms with Gasteiger partial charge in [-0.25, -0.2) is 13.2 Å². The Bertz CT molecular complexity index is 966. The van der Waals surface area contributed by atoms with Crippen LogP contribution >= 0.6 is 0 Å². The minimum absolute atomic E-state index is 0.0260. The molecule has 0 spiro atoms. The number of carbonyl (C=O) groups is 2. The number of rotatable bonds is 6. The van der Waals surface area contributed by atoms with E-state index in [4.69, 9.17) is 4.74 Å². The first-order chi connectivity index (χ1) is 13.3. The van der Waals surface area contributed by atoms with Crippen LogP contribution in [0.2, 0.25) is 0 Å². The summed E-state index contributed by atoms with van der Waals surface area (Å²) >= 11 is 0. The molecule has 0 fully saturated rings. The number of methoxy groups -OCH3 is 1. The van der Waals surface area contributed by atoms with E-state index < -0.39 is 29.3 Å². The second-order valence-electron chi connectivity index (χ2n) is 6.26. The number of anilines is 1. The summed E-state index contributed by atoms with van der Waals surface area (Å²) < 4.78 is 45.7. The van der Waals surface area contributed by atoms with Crippen LogP contribution in [-0.2, 0) is 16.0 Å². The van der Waals surface area contributed by atoms with Crippen LogP contribution in [0.4, 0.5) is 18.9 Å². The van der Waals surface area contributed by atoms with E-state index in [0.717, 1.165) is 23.1 Å². The minimum Gasteiger partial charge on any atom is -0.494 e. The number of ether oxygens (including phenoxy) is 1. The van der Waals surface area contributed by atoms with E-state index in [2.05, 4.69) is 5.32 Å². The van der Waals surface area contributed by atoms with Gasteiger partial charge in [-0.05, 0) is 43.2 Å². The van der Waals surface area contributed by atoms with Crippen LogP contribution in [0.25, 0.3) is 0 Å². The Labute approximate surface area is 159 Å². The normalized spacial score (nSPS) is 13.8. The van der Waals surface area contributed by atoms with Crippen LogP contribution in [0.3, 0.4) is 0 Å². The summed E-state index contributed by atoms with van der Waals surface area (Å²) in [4.78, 5) is 25.6. The van der Waals surface area contributed by atoms with Crippen LogP contribution in [-0.4, -0.2) is 30.4 Å². The van der Waals surface area contributed by atoms with Gasteiger partial charge in [-0.2, -0.15) is 0 Å². The average Bonchev–Trinajstić information content (AvgIpc) is 2.92. The Morgan fingerprint density at radius 3 is 2.36 bits per heavy atom. The van der Waals surface area contributed by atoms with Gasteiger partial charge in [0.05, 0.1) is 7.11 Å². The van der Waals surface area contributed by atoms with Gasteiger partial charge in [0, 0.05) is 23.9 Å². The molecule has 0 bridgehead atoms. The summed E-state index contributed by atoms with van der Waals surface area (Å²) in [7, 11) is 1.34. The molecule has 1 N–H and O–H groups in total. The summed E-state index contributed by atoms with van der Waals surface area (Å²) in [5.41, 5.74) is 0.495. The Hall–Kier alpha value is -3.29. The van der Waals surface area contributed by atoms with Crippen molar-refractivity contribution in [1.82, 2.24) is 4.90 Å². The molecule has 0 aromatic heterocycles. The number of hydrogen-bond donors (Lipinski definition) is 1. The molecule has 1 heterocycles. The van der Waals surface area contributed by atoms with Gasteiger partial charge in [0.25, 0.3) is 11.8 Å². The van der Waals surface area contributed by atoms with E-state index in [1.54, 1.807) is 0 Å². The molecular formula is C20H17F3N2O3. The van der Waals surface area contributed by atoms with Crippen molar-refractivity contribution in [2.24, 2.45) is 0 Å². The smallest absolute Gasteiger partial charge is 0.277 e. The molecular weight excluding hydrogens is 373 g/mol. The molecule has 1 aliphatic rings. The summed E-state index contributed by atoms with van der Waals surface area (Å²) in [5.74, 6) is -3.12. The first-order valence-electron chi connectivity index (χ1n) is 8.42. The molecule has 0 aliphatic carbocycles. The second-order valence-corrected chi connectivity index (χ2v) is 6.26. The number of imide groups is 1. The maximum Gasteiger partial charge on any atom is 0.277 e. The van der Waals surface area contributed by atoms with Crippen molar-refractivity contribution in [3.63, 3.8) is 0 Å². The lowest BCUT2D eigenvalue weighted by Gasteiger charge is -2.16. The number of amides is 2. The van der Waals surface area contributed by atoms with Crippen molar-refractivity contribution in [2.75, 3.05) is 19.0 Å². The predicted molar refractivity (Wildman–Crippen MR) is 96.2 cm³/mol.